The molecule has 5 nitrogen and oxygen atoms in total. The molecule has 0 saturated heterocycles. The maximum absolute atomic E-state index is 12.3. The van der Waals surface area contributed by atoms with Gasteiger partial charge in [-0.15, -0.1) is 6.58 Å². The maximum atomic E-state index is 12.3. The molecular weight excluding hydrogens is 316 g/mol. The highest BCUT2D eigenvalue weighted by molar-refractivity contribution is 5.81. The fourth-order valence-electron chi connectivity index (χ4n) is 3.31. The van der Waals surface area contributed by atoms with Crippen LogP contribution in [0.15, 0.2) is 36.9 Å². The van der Waals surface area contributed by atoms with Crippen LogP contribution in [-0.2, 0) is 16.0 Å². The molecule has 0 unspecified atom stereocenters. The average molecular weight is 344 g/mol. The third kappa shape index (κ3) is 5.62. The van der Waals surface area contributed by atoms with E-state index >= 15 is 0 Å². The number of hydrogen-bond donors (Lipinski definition) is 2. The Bertz CT molecular complexity index is 592. The molecule has 1 fully saturated rings. The highest BCUT2D eigenvalue weighted by atomic mass is 16.5. The molecule has 0 heterocycles. The van der Waals surface area contributed by atoms with Crippen molar-refractivity contribution in [2.45, 2.75) is 32.1 Å². The van der Waals surface area contributed by atoms with Crippen molar-refractivity contribution < 1.29 is 14.3 Å². The summed E-state index contributed by atoms with van der Waals surface area (Å²) in [6, 6.07) is 7.84. The summed E-state index contributed by atoms with van der Waals surface area (Å²) in [4.78, 5) is 24.3. The number of benzene rings is 1. The number of methoxy groups -OCH3 is 1. The van der Waals surface area contributed by atoms with Crippen molar-refractivity contribution in [3.8, 4) is 5.75 Å². The molecule has 2 N–H and O–H groups in total. The maximum Gasteiger partial charge on any atom is 0.223 e. The molecule has 25 heavy (non-hydrogen) atoms. The Hall–Kier alpha value is -2.30. The molecule has 0 bridgehead atoms. The van der Waals surface area contributed by atoms with E-state index in [-0.39, 0.29) is 23.7 Å². The van der Waals surface area contributed by atoms with Gasteiger partial charge in [-0.3, -0.25) is 9.59 Å². The average Bonchev–Trinajstić information content (AvgIpc) is 2.66. The van der Waals surface area contributed by atoms with Gasteiger partial charge in [0.15, 0.2) is 0 Å². The monoisotopic (exact) mass is 344 g/mol. The second kappa shape index (κ2) is 9.87. The van der Waals surface area contributed by atoms with Crippen molar-refractivity contribution in [3.05, 3.63) is 42.5 Å². The summed E-state index contributed by atoms with van der Waals surface area (Å²) in [5.41, 5.74) is 1.09. The van der Waals surface area contributed by atoms with Gasteiger partial charge in [-0.2, -0.15) is 0 Å². The Morgan fingerprint density at radius 3 is 2.32 bits per heavy atom. The van der Waals surface area contributed by atoms with Crippen LogP contribution in [0.1, 0.15) is 31.2 Å². The normalized spacial score (nSPS) is 19.7. The fraction of sp³-hybridized carbons (Fsp3) is 0.500. The Kier molecular flexibility index (Phi) is 7.51. The van der Waals surface area contributed by atoms with Crippen LogP contribution in [-0.4, -0.2) is 32.0 Å². The van der Waals surface area contributed by atoms with Crippen molar-refractivity contribution in [2.24, 2.45) is 11.8 Å². The summed E-state index contributed by atoms with van der Waals surface area (Å²) < 4.78 is 5.32. The third-order valence-corrected chi connectivity index (χ3v) is 4.78. The Morgan fingerprint density at radius 2 is 1.72 bits per heavy atom. The number of carbonyl (C=O) groups excluding carboxylic acids is 2. The molecule has 5 heteroatoms. The lowest BCUT2D eigenvalue weighted by molar-refractivity contribution is -0.130. The Balaban J connectivity index is 1.72. The molecule has 1 aliphatic rings. The van der Waals surface area contributed by atoms with E-state index in [1.807, 2.05) is 24.3 Å². The second-order valence-corrected chi connectivity index (χ2v) is 6.44. The quantitative estimate of drug-likeness (QED) is 0.712. The van der Waals surface area contributed by atoms with Crippen LogP contribution in [0.5, 0.6) is 5.75 Å². The molecule has 0 radical (unpaired) electrons. The van der Waals surface area contributed by atoms with Crippen molar-refractivity contribution in [3.63, 3.8) is 0 Å². The molecular formula is C20H28N2O3. The largest absolute Gasteiger partial charge is 0.496 e. The van der Waals surface area contributed by atoms with Gasteiger partial charge >= 0.3 is 0 Å². The highest BCUT2D eigenvalue weighted by Crippen LogP contribution is 2.29. The summed E-state index contributed by atoms with van der Waals surface area (Å²) in [6.07, 6.45) is 5.51. The topological polar surface area (TPSA) is 67.4 Å². The van der Waals surface area contributed by atoms with Crippen molar-refractivity contribution in [1.29, 1.82) is 0 Å². The fourth-order valence-corrected chi connectivity index (χ4v) is 3.31. The summed E-state index contributed by atoms with van der Waals surface area (Å²) in [7, 11) is 1.65. The van der Waals surface area contributed by atoms with Crippen molar-refractivity contribution in [1.82, 2.24) is 10.6 Å². The first-order chi connectivity index (χ1) is 12.2. The first kappa shape index (κ1) is 19.0. The predicted octanol–water partition coefficient (Wildman–Crippen LogP) is 2.46. The number of hydrogen-bond acceptors (Lipinski definition) is 3. The molecule has 0 atom stereocenters. The summed E-state index contributed by atoms with van der Waals surface area (Å²) in [5, 5.41) is 5.86. The van der Waals surface area contributed by atoms with Gasteiger partial charge in [0, 0.05) is 24.9 Å². The van der Waals surface area contributed by atoms with Crippen LogP contribution in [0.4, 0.5) is 0 Å². The van der Waals surface area contributed by atoms with Crippen LogP contribution in [0.2, 0.25) is 0 Å². The standard InChI is InChI=1S/C20H28N2O3/c1-3-13-21-19(23)16-8-10-17(11-9-16)20(24)22-14-12-15-6-4-5-7-18(15)25-2/h3-7,16-17H,1,8-14H2,2H3,(H,21,23)(H,22,24). The SMILES string of the molecule is C=CCNC(=O)C1CCC(C(=O)NCCc2ccccc2OC)CC1. The van der Waals surface area contributed by atoms with E-state index in [9.17, 15) is 9.59 Å². The van der Waals surface area contributed by atoms with Crippen LogP contribution < -0.4 is 15.4 Å². The zero-order valence-corrected chi connectivity index (χ0v) is 14.9. The minimum atomic E-state index is 0.0149. The first-order valence-electron chi connectivity index (χ1n) is 8.94. The summed E-state index contributed by atoms with van der Waals surface area (Å²) >= 11 is 0. The van der Waals surface area contributed by atoms with E-state index < -0.39 is 0 Å². The van der Waals surface area contributed by atoms with E-state index in [2.05, 4.69) is 17.2 Å². The smallest absolute Gasteiger partial charge is 0.223 e. The Morgan fingerprint density at radius 1 is 1.12 bits per heavy atom. The van der Waals surface area contributed by atoms with E-state index in [4.69, 9.17) is 4.74 Å². The highest BCUT2D eigenvalue weighted by Gasteiger charge is 2.29. The third-order valence-electron chi connectivity index (χ3n) is 4.78. The van der Waals surface area contributed by atoms with Gasteiger partial charge < -0.3 is 15.4 Å². The number of nitrogens with one attached hydrogen (secondary N) is 2. The molecule has 0 aliphatic heterocycles. The van der Waals surface area contributed by atoms with E-state index in [1.54, 1.807) is 13.2 Å². The predicted molar refractivity (Wildman–Crippen MR) is 98.4 cm³/mol. The van der Waals surface area contributed by atoms with Gasteiger partial charge in [0.25, 0.3) is 0 Å². The summed E-state index contributed by atoms with van der Waals surface area (Å²) in [5.74, 6) is 1.07. The minimum absolute atomic E-state index is 0.0149. The molecule has 0 aromatic heterocycles. The van der Waals surface area contributed by atoms with Gasteiger partial charge in [-0.25, -0.2) is 0 Å². The lowest BCUT2D eigenvalue weighted by Gasteiger charge is -2.27. The summed E-state index contributed by atoms with van der Waals surface area (Å²) in [6.45, 7) is 4.70. The Labute approximate surface area is 149 Å². The lowest BCUT2D eigenvalue weighted by Crippen LogP contribution is -2.38. The number of ether oxygens (including phenoxy) is 1. The van der Waals surface area contributed by atoms with E-state index in [0.717, 1.165) is 43.4 Å². The van der Waals surface area contributed by atoms with Gasteiger partial charge in [0.05, 0.1) is 7.11 Å². The van der Waals surface area contributed by atoms with Crippen molar-refractivity contribution in [2.75, 3.05) is 20.2 Å². The zero-order chi connectivity index (χ0) is 18.1. The molecule has 2 rings (SSSR count). The van der Waals surface area contributed by atoms with Crippen LogP contribution in [0.25, 0.3) is 0 Å². The molecule has 1 aromatic rings. The van der Waals surface area contributed by atoms with Crippen molar-refractivity contribution >= 4 is 11.8 Å². The van der Waals surface area contributed by atoms with E-state index in [1.165, 1.54) is 0 Å². The van der Waals surface area contributed by atoms with Crippen LogP contribution in [0.3, 0.4) is 0 Å². The number of rotatable bonds is 8. The first-order valence-corrected chi connectivity index (χ1v) is 8.94. The lowest BCUT2D eigenvalue weighted by atomic mass is 9.81. The van der Waals surface area contributed by atoms with Gasteiger partial charge in [0.1, 0.15) is 5.75 Å². The molecule has 1 aliphatic carbocycles. The second-order valence-electron chi connectivity index (χ2n) is 6.44. The van der Waals surface area contributed by atoms with Crippen LogP contribution >= 0.6 is 0 Å². The molecule has 1 saturated carbocycles. The van der Waals surface area contributed by atoms with E-state index in [0.29, 0.717) is 13.1 Å². The van der Waals surface area contributed by atoms with Gasteiger partial charge in [0.2, 0.25) is 11.8 Å². The van der Waals surface area contributed by atoms with Crippen LogP contribution in [0, 0.1) is 11.8 Å². The number of para-hydroxylation sites is 1. The number of carbonyl (C=O) groups is 2. The zero-order valence-electron chi connectivity index (χ0n) is 14.9. The number of amides is 2. The van der Waals surface area contributed by atoms with Gasteiger partial charge in [-0.05, 0) is 43.7 Å². The minimum Gasteiger partial charge on any atom is -0.496 e. The molecule has 1 aromatic carbocycles. The van der Waals surface area contributed by atoms with Gasteiger partial charge in [-0.1, -0.05) is 24.3 Å². The molecule has 2 amide bonds. The molecule has 0 spiro atoms. The molecule has 136 valence electrons.